The van der Waals surface area contributed by atoms with Crippen molar-refractivity contribution in [2.75, 3.05) is 5.32 Å². The molecule has 0 saturated carbocycles. The number of halogens is 2. The molecular weight excluding hydrogens is 290 g/mol. The van der Waals surface area contributed by atoms with E-state index < -0.39 is 17.2 Å². The van der Waals surface area contributed by atoms with Crippen LogP contribution >= 0.6 is 0 Å². The maximum Gasteiger partial charge on any atom is 0.270 e. The minimum atomic E-state index is -0.980. The maximum atomic E-state index is 13.2. The summed E-state index contributed by atoms with van der Waals surface area (Å²) in [6, 6.07) is 4.80. The van der Waals surface area contributed by atoms with Gasteiger partial charge in [0, 0.05) is 23.5 Å². The van der Waals surface area contributed by atoms with Crippen LogP contribution in [0.2, 0.25) is 0 Å². The van der Waals surface area contributed by atoms with Gasteiger partial charge >= 0.3 is 0 Å². The third kappa shape index (κ3) is 4.21. The summed E-state index contributed by atoms with van der Waals surface area (Å²) in [5, 5.41) is 5.50. The number of nitrogens with zero attached hydrogens (tertiary/aromatic N) is 2. The van der Waals surface area contributed by atoms with E-state index in [4.69, 9.17) is 0 Å². The van der Waals surface area contributed by atoms with Crippen molar-refractivity contribution in [2.45, 2.75) is 26.3 Å². The smallest absolute Gasteiger partial charge is 0.270 e. The van der Waals surface area contributed by atoms with E-state index in [0.29, 0.717) is 0 Å². The molecule has 0 saturated heterocycles. The van der Waals surface area contributed by atoms with E-state index in [9.17, 15) is 13.6 Å². The van der Waals surface area contributed by atoms with Gasteiger partial charge in [0.25, 0.3) is 5.91 Å². The van der Waals surface area contributed by atoms with Gasteiger partial charge in [0.1, 0.15) is 5.69 Å². The Morgan fingerprint density at radius 2 is 1.86 bits per heavy atom. The van der Waals surface area contributed by atoms with Crippen LogP contribution in [0.15, 0.2) is 30.5 Å². The summed E-state index contributed by atoms with van der Waals surface area (Å²) in [4.78, 5) is 20.0. The first-order valence-corrected chi connectivity index (χ1v) is 6.62. The predicted octanol–water partition coefficient (Wildman–Crippen LogP) is 3.03. The van der Waals surface area contributed by atoms with Gasteiger partial charge in [-0.2, -0.15) is 0 Å². The van der Waals surface area contributed by atoms with Gasteiger partial charge in [-0.1, -0.05) is 0 Å². The fraction of sp³-hybridized carbons (Fsp3) is 0.267. The lowest BCUT2D eigenvalue weighted by Crippen LogP contribution is -2.41. The van der Waals surface area contributed by atoms with Crippen LogP contribution in [0.3, 0.4) is 0 Å². The van der Waals surface area contributed by atoms with Crippen molar-refractivity contribution < 1.29 is 13.6 Å². The number of hydrogen-bond donors (Lipinski definition) is 2. The van der Waals surface area contributed by atoms with Crippen LogP contribution in [0.5, 0.6) is 0 Å². The van der Waals surface area contributed by atoms with Gasteiger partial charge in [0.2, 0.25) is 5.95 Å². The van der Waals surface area contributed by atoms with E-state index in [1.54, 1.807) is 0 Å². The largest absolute Gasteiger partial charge is 0.346 e. The van der Waals surface area contributed by atoms with Crippen LogP contribution < -0.4 is 10.6 Å². The highest BCUT2D eigenvalue weighted by Crippen LogP contribution is 2.16. The molecule has 1 aromatic carbocycles. The number of benzene rings is 1. The van der Waals surface area contributed by atoms with E-state index in [0.717, 1.165) is 12.1 Å². The molecule has 0 radical (unpaired) electrons. The molecule has 5 nitrogen and oxygen atoms in total. The van der Waals surface area contributed by atoms with E-state index in [2.05, 4.69) is 20.6 Å². The zero-order valence-corrected chi connectivity index (χ0v) is 12.4. The molecule has 0 aliphatic heterocycles. The standard InChI is InChI=1S/C15H16F2N4O/c1-15(2,3)21-13(22)12-6-7-18-14(20-12)19-9-4-5-10(16)11(17)8-9/h4-8H,1-3H3,(H,21,22)(H,18,19,20). The lowest BCUT2D eigenvalue weighted by molar-refractivity contribution is 0.0914. The van der Waals surface area contributed by atoms with Gasteiger partial charge in [0.15, 0.2) is 11.6 Å². The zero-order chi connectivity index (χ0) is 16.3. The zero-order valence-electron chi connectivity index (χ0n) is 12.4. The quantitative estimate of drug-likeness (QED) is 0.914. The van der Waals surface area contributed by atoms with Crippen molar-refractivity contribution in [1.29, 1.82) is 0 Å². The summed E-state index contributed by atoms with van der Waals surface area (Å²) in [5.41, 5.74) is 0.0673. The minimum absolute atomic E-state index is 0.118. The molecule has 2 aromatic rings. The van der Waals surface area contributed by atoms with Crippen LogP contribution in [0.4, 0.5) is 20.4 Å². The molecule has 0 aliphatic rings. The molecule has 116 valence electrons. The topological polar surface area (TPSA) is 66.9 Å². The summed E-state index contributed by atoms with van der Waals surface area (Å²) in [6.07, 6.45) is 1.41. The Labute approximate surface area is 126 Å². The summed E-state index contributed by atoms with van der Waals surface area (Å²) in [5.74, 6) is -2.15. The third-order valence-electron chi connectivity index (χ3n) is 2.55. The highest BCUT2D eigenvalue weighted by molar-refractivity contribution is 5.92. The average Bonchev–Trinajstić information content (AvgIpc) is 2.41. The van der Waals surface area contributed by atoms with Crippen LogP contribution in [-0.2, 0) is 0 Å². The first-order valence-electron chi connectivity index (χ1n) is 6.62. The van der Waals surface area contributed by atoms with Crippen LogP contribution in [0, 0.1) is 11.6 Å². The molecule has 0 aliphatic carbocycles. The van der Waals surface area contributed by atoms with Gasteiger partial charge in [0.05, 0.1) is 0 Å². The van der Waals surface area contributed by atoms with E-state index in [1.165, 1.54) is 18.3 Å². The highest BCUT2D eigenvalue weighted by Gasteiger charge is 2.16. The van der Waals surface area contributed by atoms with Crippen molar-refractivity contribution in [2.24, 2.45) is 0 Å². The second-order valence-electron chi connectivity index (χ2n) is 5.72. The Morgan fingerprint density at radius 1 is 1.14 bits per heavy atom. The van der Waals surface area contributed by atoms with E-state index >= 15 is 0 Å². The number of rotatable bonds is 3. The summed E-state index contributed by atoms with van der Waals surface area (Å²) < 4.78 is 26.0. The Bertz CT molecular complexity index is 698. The Morgan fingerprint density at radius 3 is 2.50 bits per heavy atom. The van der Waals surface area contributed by atoms with Crippen molar-refractivity contribution >= 4 is 17.5 Å². The molecule has 0 spiro atoms. The molecule has 1 amide bonds. The average molecular weight is 306 g/mol. The van der Waals surface area contributed by atoms with Crippen molar-refractivity contribution in [3.8, 4) is 0 Å². The molecule has 0 bridgehead atoms. The minimum Gasteiger partial charge on any atom is -0.346 e. The van der Waals surface area contributed by atoms with Crippen molar-refractivity contribution in [3.63, 3.8) is 0 Å². The normalized spacial score (nSPS) is 11.1. The monoisotopic (exact) mass is 306 g/mol. The molecule has 2 rings (SSSR count). The first-order chi connectivity index (χ1) is 10.2. The Balaban J connectivity index is 2.17. The number of carbonyl (C=O) groups is 1. The number of aromatic nitrogens is 2. The number of carbonyl (C=O) groups excluding carboxylic acids is 1. The van der Waals surface area contributed by atoms with Crippen LogP contribution in [-0.4, -0.2) is 21.4 Å². The Kier molecular flexibility index (Phi) is 4.35. The fourth-order valence-corrected chi connectivity index (χ4v) is 1.65. The van der Waals surface area contributed by atoms with Crippen molar-refractivity contribution in [1.82, 2.24) is 15.3 Å². The molecule has 0 atom stereocenters. The maximum absolute atomic E-state index is 13.2. The second kappa shape index (κ2) is 6.05. The van der Waals surface area contributed by atoms with E-state index in [-0.39, 0.29) is 23.2 Å². The van der Waals surface area contributed by atoms with Gasteiger partial charge in [-0.15, -0.1) is 0 Å². The molecule has 1 aromatic heterocycles. The number of nitrogens with one attached hydrogen (secondary N) is 2. The molecule has 0 unspecified atom stereocenters. The first kappa shape index (κ1) is 15.8. The highest BCUT2D eigenvalue weighted by atomic mass is 19.2. The molecule has 0 fully saturated rings. The van der Waals surface area contributed by atoms with Gasteiger partial charge in [-0.05, 0) is 39.0 Å². The summed E-state index contributed by atoms with van der Waals surface area (Å²) in [7, 11) is 0. The predicted molar refractivity (Wildman–Crippen MR) is 78.9 cm³/mol. The molecule has 1 heterocycles. The number of amides is 1. The molecule has 22 heavy (non-hydrogen) atoms. The SMILES string of the molecule is CC(C)(C)NC(=O)c1ccnc(Nc2ccc(F)c(F)c2)n1. The van der Waals surface area contributed by atoms with Gasteiger partial charge in [-0.3, -0.25) is 4.79 Å². The molecular formula is C15H16F2N4O. The van der Waals surface area contributed by atoms with Crippen molar-refractivity contribution in [3.05, 3.63) is 47.8 Å². The van der Waals surface area contributed by atoms with E-state index in [1.807, 2.05) is 20.8 Å². The lowest BCUT2D eigenvalue weighted by atomic mass is 10.1. The van der Waals surface area contributed by atoms with Crippen LogP contribution in [0.25, 0.3) is 0 Å². The molecule has 7 heteroatoms. The van der Waals surface area contributed by atoms with Crippen LogP contribution in [0.1, 0.15) is 31.3 Å². The summed E-state index contributed by atoms with van der Waals surface area (Å²) in [6.45, 7) is 5.56. The second-order valence-corrected chi connectivity index (χ2v) is 5.72. The Hall–Kier alpha value is -2.57. The fourth-order valence-electron chi connectivity index (χ4n) is 1.65. The lowest BCUT2D eigenvalue weighted by Gasteiger charge is -2.20. The number of anilines is 2. The molecule has 2 N–H and O–H groups in total. The van der Waals surface area contributed by atoms with Gasteiger partial charge < -0.3 is 10.6 Å². The van der Waals surface area contributed by atoms with Gasteiger partial charge in [-0.25, -0.2) is 18.7 Å². The summed E-state index contributed by atoms with van der Waals surface area (Å²) >= 11 is 0. The number of hydrogen-bond acceptors (Lipinski definition) is 4. The third-order valence-corrected chi connectivity index (χ3v) is 2.55.